The van der Waals surface area contributed by atoms with Crippen LogP contribution in [0.2, 0.25) is 0 Å². The molecule has 1 unspecified atom stereocenters. The van der Waals surface area contributed by atoms with Gasteiger partial charge in [0, 0.05) is 6.54 Å². The fourth-order valence-electron chi connectivity index (χ4n) is 1.08. The number of alkyl halides is 1. The molecule has 1 rings (SSSR count). The smallest absolute Gasteiger partial charge is 0.147 e. The summed E-state index contributed by atoms with van der Waals surface area (Å²) in [6.07, 6.45) is 0.628. The van der Waals surface area contributed by atoms with Crippen molar-refractivity contribution in [3.63, 3.8) is 0 Å². The summed E-state index contributed by atoms with van der Waals surface area (Å²) in [7, 11) is 3.66. The Hall–Kier alpha value is -0.430. The van der Waals surface area contributed by atoms with Crippen LogP contribution in [0.25, 0.3) is 0 Å². The first-order valence-corrected chi connectivity index (χ1v) is 5.69. The Labute approximate surface area is 103 Å². The topological polar surface area (TPSA) is 25.4 Å². The molecule has 0 aliphatic rings. The molecule has 0 bridgehead atoms. The standard InChI is InChI=1S/C10H14FIN2O/c1-14(2)6-8(11)7-15-9-3-4-10(12)13-5-9/h3-5,8H,6-7H2,1-2H3. The average Bonchev–Trinajstić information content (AvgIpc) is 2.16. The van der Waals surface area contributed by atoms with E-state index in [4.69, 9.17) is 4.74 Å². The summed E-state index contributed by atoms with van der Waals surface area (Å²) >= 11 is 2.11. The number of hydrogen-bond donors (Lipinski definition) is 0. The largest absolute Gasteiger partial charge is 0.489 e. The third kappa shape index (κ3) is 5.27. The van der Waals surface area contributed by atoms with E-state index in [2.05, 4.69) is 27.6 Å². The molecule has 0 spiro atoms. The Morgan fingerprint density at radius 1 is 1.53 bits per heavy atom. The van der Waals surface area contributed by atoms with Crippen LogP contribution in [0.4, 0.5) is 4.39 Å². The molecule has 0 aromatic carbocycles. The molecule has 1 atom stereocenters. The number of aromatic nitrogens is 1. The van der Waals surface area contributed by atoms with E-state index in [1.165, 1.54) is 0 Å². The molecule has 0 radical (unpaired) electrons. The maximum Gasteiger partial charge on any atom is 0.147 e. The summed E-state index contributed by atoms with van der Waals surface area (Å²) in [5.41, 5.74) is 0. The minimum absolute atomic E-state index is 0.0699. The van der Waals surface area contributed by atoms with Crippen LogP contribution in [0.1, 0.15) is 0 Å². The zero-order chi connectivity index (χ0) is 11.3. The van der Waals surface area contributed by atoms with Gasteiger partial charge in [0.25, 0.3) is 0 Å². The molecule has 1 aromatic heterocycles. The van der Waals surface area contributed by atoms with Gasteiger partial charge in [-0.15, -0.1) is 0 Å². The Bertz CT molecular complexity index is 292. The predicted octanol–water partition coefficient (Wildman–Crippen LogP) is 1.96. The summed E-state index contributed by atoms with van der Waals surface area (Å²) in [4.78, 5) is 5.84. The lowest BCUT2D eigenvalue weighted by Crippen LogP contribution is -2.27. The molecule has 1 heterocycles. The Balaban J connectivity index is 2.33. The monoisotopic (exact) mass is 324 g/mol. The lowest BCUT2D eigenvalue weighted by atomic mass is 10.4. The summed E-state index contributed by atoms with van der Waals surface area (Å²) in [5.74, 6) is 0.608. The van der Waals surface area contributed by atoms with Gasteiger partial charge in [-0.1, -0.05) is 0 Å². The molecule has 0 N–H and O–H groups in total. The number of rotatable bonds is 5. The molecule has 0 aliphatic heterocycles. The molecule has 0 amide bonds. The average molecular weight is 324 g/mol. The van der Waals surface area contributed by atoms with Gasteiger partial charge < -0.3 is 9.64 Å². The predicted molar refractivity (Wildman–Crippen MR) is 65.9 cm³/mol. The number of nitrogens with zero attached hydrogens (tertiary/aromatic N) is 2. The zero-order valence-corrected chi connectivity index (χ0v) is 10.9. The van der Waals surface area contributed by atoms with Gasteiger partial charge in [0.1, 0.15) is 22.2 Å². The van der Waals surface area contributed by atoms with Gasteiger partial charge in [-0.3, -0.25) is 0 Å². The Morgan fingerprint density at radius 3 is 2.80 bits per heavy atom. The third-order valence-corrected chi connectivity index (χ3v) is 2.33. The summed E-state index contributed by atoms with van der Waals surface area (Å²) < 4.78 is 19.4. The molecule has 0 saturated carbocycles. The van der Waals surface area contributed by atoms with Crippen LogP contribution >= 0.6 is 22.6 Å². The molecule has 3 nitrogen and oxygen atoms in total. The van der Waals surface area contributed by atoms with E-state index >= 15 is 0 Å². The van der Waals surface area contributed by atoms with Gasteiger partial charge in [-0.25, -0.2) is 9.37 Å². The van der Waals surface area contributed by atoms with Gasteiger partial charge in [0.2, 0.25) is 0 Å². The first kappa shape index (κ1) is 12.6. The second-order valence-electron chi connectivity index (χ2n) is 3.49. The first-order valence-electron chi connectivity index (χ1n) is 4.61. The van der Waals surface area contributed by atoms with Gasteiger partial charge in [-0.2, -0.15) is 0 Å². The third-order valence-electron chi connectivity index (χ3n) is 1.69. The van der Waals surface area contributed by atoms with E-state index < -0.39 is 6.17 Å². The number of ether oxygens (including phenoxy) is 1. The molecule has 5 heteroatoms. The van der Waals surface area contributed by atoms with Crippen LogP contribution in [0.5, 0.6) is 5.75 Å². The molecule has 15 heavy (non-hydrogen) atoms. The SMILES string of the molecule is CN(C)CC(F)COc1ccc(I)nc1. The van der Waals surface area contributed by atoms with Crippen LogP contribution < -0.4 is 4.74 Å². The summed E-state index contributed by atoms with van der Waals surface area (Å²) in [5, 5.41) is 0. The fraction of sp³-hybridized carbons (Fsp3) is 0.500. The van der Waals surface area contributed by atoms with Crippen LogP contribution in [0.3, 0.4) is 0 Å². The van der Waals surface area contributed by atoms with Crippen molar-refractivity contribution in [1.82, 2.24) is 9.88 Å². The highest BCUT2D eigenvalue weighted by atomic mass is 127. The highest BCUT2D eigenvalue weighted by Crippen LogP contribution is 2.11. The highest BCUT2D eigenvalue weighted by molar-refractivity contribution is 14.1. The van der Waals surface area contributed by atoms with Crippen molar-refractivity contribution in [2.45, 2.75) is 6.17 Å². The van der Waals surface area contributed by atoms with Crippen LogP contribution in [0.15, 0.2) is 18.3 Å². The quantitative estimate of drug-likeness (QED) is 0.612. The minimum atomic E-state index is -0.973. The van der Waals surface area contributed by atoms with Gasteiger partial charge in [0.05, 0.1) is 6.20 Å². The van der Waals surface area contributed by atoms with E-state index in [-0.39, 0.29) is 6.61 Å². The maximum atomic E-state index is 13.2. The molecule has 0 fully saturated rings. The zero-order valence-electron chi connectivity index (χ0n) is 8.78. The molecular formula is C10H14FIN2O. The van der Waals surface area contributed by atoms with Crippen molar-refractivity contribution in [1.29, 1.82) is 0 Å². The van der Waals surface area contributed by atoms with Crippen LogP contribution in [-0.2, 0) is 0 Å². The second-order valence-corrected chi connectivity index (χ2v) is 4.59. The lowest BCUT2D eigenvalue weighted by molar-refractivity contribution is 0.162. The minimum Gasteiger partial charge on any atom is -0.489 e. The molecule has 0 aliphatic carbocycles. The highest BCUT2D eigenvalue weighted by Gasteiger charge is 2.08. The second kappa shape index (κ2) is 6.22. The number of pyridine rings is 1. The van der Waals surface area contributed by atoms with Crippen molar-refractivity contribution in [3.05, 3.63) is 22.0 Å². The van der Waals surface area contributed by atoms with Crippen molar-refractivity contribution >= 4 is 22.6 Å². The van der Waals surface area contributed by atoms with E-state index in [0.717, 1.165) is 3.70 Å². The summed E-state index contributed by atoms with van der Waals surface area (Å²) in [6, 6.07) is 3.62. The number of hydrogen-bond acceptors (Lipinski definition) is 3. The molecule has 0 saturated heterocycles. The van der Waals surface area contributed by atoms with Crippen molar-refractivity contribution in [2.75, 3.05) is 27.2 Å². The maximum absolute atomic E-state index is 13.2. The van der Waals surface area contributed by atoms with Gasteiger partial charge in [-0.05, 0) is 48.8 Å². The molecular weight excluding hydrogens is 310 g/mol. The number of halogens is 2. The van der Waals surface area contributed by atoms with E-state index in [0.29, 0.717) is 12.3 Å². The van der Waals surface area contributed by atoms with Crippen molar-refractivity contribution in [3.8, 4) is 5.75 Å². The van der Waals surface area contributed by atoms with Crippen LogP contribution in [-0.4, -0.2) is 43.3 Å². The fourth-order valence-corrected chi connectivity index (χ4v) is 1.40. The lowest BCUT2D eigenvalue weighted by Gasteiger charge is -2.14. The Kier molecular flexibility index (Phi) is 5.24. The van der Waals surface area contributed by atoms with Crippen molar-refractivity contribution in [2.24, 2.45) is 0 Å². The van der Waals surface area contributed by atoms with Crippen LogP contribution in [0, 0.1) is 3.70 Å². The van der Waals surface area contributed by atoms with E-state index in [1.54, 1.807) is 17.2 Å². The molecule has 84 valence electrons. The Morgan fingerprint density at radius 2 is 2.27 bits per heavy atom. The van der Waals surface area contributed by atoms with E-state index in [1.807, 2.05) is 20.2 Å². The van der Waals surface area contributed by atoms with E-state index in [9.17, 15) is 4.39 Å². The summed E-state index contributed by atoms with van der Waals surface area (Å²) in [6.45, 7) is 0.443. The normalized spacial score (nSPS) is 12.9. The van der Waals surface area contributed by atoms with Gasteiger partial charge >= 0.3 is 0 Å². The van der Waals surface area contributed by atoms with Crippen molar-refractivity contribution < 1.29 is 9.13 Å². The first-order chi connectivity index (χ1) is 7.08. The molecule has 1 aromatic rings. The van der Waals surface area contributed by atoms with Gasteiger partial charge in [0.15, 0.2) is 0 Å².